The molecule has 0 amide bonds. The minimum absolute atomic E-state index is 0.000699. The Morgan fingerprint density at radius 3 is 1.85 bits per heavy atom. The number of halogens is 3. The van der Waals surface area contributed by atoms with Gasteiger partial charge in [0.05, 0.1) is 3.57 Å². The van der Waals surface area contributed by atoms with Crippen LogP contribution >= 0.6 is 30.5 Å². The molecule has 5 rings (SSSR count). The van der Waals surface area contributed by atoms with Crippen molar-refractivity contribution in [2.45, 2.75) is 20.1 Å². The minimum Gasteiger partial charge on any atom is -0.453 e. The molecule has 0 saturated heterocycles. The minimum atomic E-state index is -3.76. The number of rotatable bonds is 5. The molecule has 4 aromatic carbocycles. The summed E-state index contributed by atoms with van der Waals surface area (Å²) in [5, 5.41) is 3.05. The molecule has 0 fully saturated rings. The van der Waals surface area contributed by atoms with Crippen molar-refractivity contribution in [1.29, 1.82) is 0 Å². The smallest absolute Gasteiger partial charge is 0.453 e. The van der Waals surface area contributed by atoms with Crippen LogP contribution in [0.1, 0.15) is 11.1 Å². The first-order valence-electron chi connectivity index (χ1n) is 10.6. The Hall–Kier alpha value is -2.70. The van der Waals surface area contributed by atoms with E-state index in [0.717, 1.165) is 27.0 Å². The van der Waals surface area contributed by atoms with E-state index in [1.165, 1.54) is 0 Å². The molecule has 0 radical (unpaired) electrons. The number of ether oxygens (including phenoxy) is 3. The molecule has 172 valence electrons. The second-order valence-electron chi connectivity index (χ2n) is 7.96. The Balaban J connectivity index is 1.72. The number of alkyl halides is 2. The maximum Gasteiger partial charge on any atom is 0.586 e. The van der Waals surface area contributed by atoms with Gasteiger partial charge in [-0.2, -0.15) is 0 Å². The van der Waals surface area contributed by atoms with E-state index < -0.39 is 14.2 Å². The first kappa shape index (κ1) is 23.1. The normalized spacial score (nSPS) is 13.8. The molecule has 0 aliphatic carbocycles. The third kappa shape index (κ3) is 4.62. The zero-order valence-corrected chi connectivity index (χ0v) is 21.4. The van der Waals surface area contributed by atoms with Gasteiger partial charge in [-0.05, 0) is 73.2 Å². The van der Waals surface area contributed by atoms with Crippen molar-refractivity contribution >= 4 is 46.4 Å². The molecule has 0 saturated carbocycles. The number of aryl methyl sites for hydroxylation is 2. The Morgan fingerprint density at radius 1 is 0.765 bits per heavy atom. The zero-order valence-electron chi connectivity index (χ0n) is 18.4. The Morgan fingerprint density at radius 2 is 1.29 bits per heavy atom. The quantitative estimate of drug-likeness (QED) is 0.190. The van der Waals surface area contributed by atoms with Gasteiger partial charge in [0.25, 0.3) is 0 Å². The van der Waals surface area contributed by atoms with E-state index in [2.05, 4.69) is 71.1 Å². The third-order valence-electron chi connectivity index (χ3n) is 5.36. The van der Waals surface area contributed by atoms with Crippen LogP contribution in [0.15, 0.2) is 84.9 Å². The third-order valence-corrected chi connectivity index (χ3v) is 9.32. The summed E-state index contributed by atoms with van der Waals surface area (Å²) < 4.78 is 44.9. The molecule has 0 spiro atoms. The molecule has 0 bridgehead atoms. The summed E-state index contributed by atoms with van der Waals surface area (Å²) in [5.74, 6) is 0.622. The molecular weight excluding hydrogens is 568 g/mol. The van der Waals surface area contributed by atoms with Crippen LogP contribution in [0.3, 0.4) is 0 Å². The Kier molecular flexibility index (Phi) is 6.21. The molecular formula is C27H20F2IO3P. The first-order valence-corrected chi connectivity index (χ1v) is 13.0. The van der Waals surface area contributed by atoms with Crippen molar-refractivity contribution in [3.8, 4) is 23.0 Å². The molecule has 0 atom stereocenters. The summed E-state index contributed by atoms with van der Waals surface area (Å²) in [6, 6.07) is 27.5. The lowest BCUT2D eigenvalue weighted by atomic mass is 10.2. The molecule has 34 heavy (non-hydrogen) atoms. The van der Waals surface area contributed by atoms with Gasteiger partial charge in [0.15, 0.2) is 11.5 Å². The highest BCUT2D eigenvalue weighted by Crippen LogP contribution is 2.52. The average molecular weight is 588 g/mol. The average Bonchev–Trinajstić information content (AvgIpc) is 3.16. The highest BCUT2D eigenvalue weighted by atomic mass is 127. The summed E-state index contributed by atoms with van der Waals surface area (Å²) in [4.78, 5) is 0. The van der Waals surface area contributed by atoms with Gasteiger partial charge in [-0.3, -0.25) is 0 Å². The molecule has 0 unspecified atom stereocenters. The number of para-hydroxylation sites is 1. The summed E-state index contributed by atoms with van der Waals surface area (Å²) in [6.45, 7) is 4.08. The van der Waals surface area contributed by atoms with Gasteiger partial charge in [-0.25, -0.2) is 0 Å². The molecule has 1 aliphatic heterocycles. The Labute approximate surface area is 211 Å². The van der Waals surface area contributed by atoms with Crippen LogP contribution < -0.4 is 30.1 Å². The van der Waals surface area contributed by atoms with Crippen LogP contribution in [0.5, 0.6) is 23.0 Å². The van der Waals surface area contributed by atoms with Crippen molar-refractivity contribution in [2.75, 3.05) is 0 Å². The predicted molar refractivity (Wildman–Crippen MR) is 140 cm³/mol. The van der Waals surface area contributed by atoms with Gasteiger partial charge in [0.1, 0.15) is 5.75 Å². The molecule has 3 nitrogen and oxygen atoms in total. The van der Waals surface area contributed by atoms with Crippen LogP contribution in [0, 0.1) is 17.4 Å². The molecule has 0 aromatic heterocycles. The monoisotopic (exact) mass is 588 g/mol. The van der Waals surface area contributed by atoms with Crippen molar-refractivity contribution in [3.05, 3.63) is 99.6 Å². The lowest BCUT2D eigenvalue weighted by molar-refractivity contribution is -0.287. The van der Waals surface area contributed by atoms with Crippen LogP contribution in [0.25, 0.3) is 0 Å². The summed E-state index contributed by atoms with van der Waals surface area (Å²) >= 11 is 2.08. The fourth-order valence-corrected chi connectivity index (χ4v) is 7.22. The van der Waals surface area contributed by atoms with E-state index in [0.29, 0.717) is 9.32 Å². The number of fused-ring (bicyclic) bond motifs is 1. The lowest BCUT2D eigenvalue weighted by Gasteiger charge is -2.22. The van der Waals surface area contributed by atoms with Crippen LogP contribution in [0.2, 0.25) is 0 Å². The second-order valence-corrected chi connectivity index (χ2v) is 11.2. The topological polar surface area (TPSA) is 27.7 Å². The van der Waals surface area contributed by atoms with Crippen LogP contribution in [0.4, 0.5) is 8.78 Å². The standard InChI is InChI=1S/C27H20F2IO3P/c1-17-8-12-20(13-9-17)34(21-14-10-18(2)11-15-21)23-16-22(31-19-6-4-3-5-7-19)25-26(24(23)30)33-27(28,29)32-25/h3-16H,1-2H3. The van der Waals surface area contributed by atoms with E-state index >= 15 is 0 Å². The van der Waals surface area contributed by atoms with Gasteiger partial charge in [0.2, 0.25) is 5.75 Å². The maximum absolute atomic E-state index is 14.2. The van der Waals surface area contributed by atoms with E-state index in [1.54, 1.807) is 12.1 Å². The van der Waals surface area contributed by atoms with E-state index in [-0.39, 0.29) is 17.2 Å². The fourth-order valence-electron chi connectivity index (χ4n) is 3.70. The van der Waals surface area contributed by atoms with Crippen molar-refractivity contribution in [3.63, 3.8) is 0 Å². The molecule has 1 aliphatic rings. The number of benzene rings is 4. The SMILES string of the molecule is Cc1ccc(P(c2ccc(C)cc2)c2cc(Oc3ccccc3)c3c(c2I)OC(F)(F)O3)cc1. The summed E-state index contributed by atoms with van der Waals surface area (Å²) in [5.41, 5.74) is 2.30. The molecule has 0 N–H and O–H groups in total. The van der Waals surface area contributed by atoms with Crippen molar-refractivity contribution in [2.24, 2.45) is 0 Å². The number of hydrogen-bond donors (Lipinski definition) is 0. The fraction of sp³-hybridized carbons (Fsp3) is 0.111. The van der Waals surface area contributed by atoms with Gasteiger partial charge in [-0.15, -0.1) is 8.78 Å². The number of hydrogen-bond acceptors (Lipinski definition) is 3. The van der Waals surface area contributed by atoms with E-state index in [4.69, 9.17) is 14.2 Å². The maximum atomic E-state index is 14.2. The van der Waals surface area contributed by atoms with Crippen molar-refractivity contribution in [1.82, 2.24) is 0 Å². The van der Waals surface area contributed by atoms with Gasteiger partial charge >= 0.3 is 6.29 Å². The molecule has 7 heteroatoms. The van der Waals surface area contributed by atoms with Gasteiger partial charge in [0, 0.05) is 5.30 Å². The first-order chi connectivity index (χ1) is 16.3. The van der Waals surface area contributed by atoms with Gasteiger partial charge in [-0.1, -0.05) is 77.9 Å². The zero-order chi connectivity index (χ0) is 23.9. The van der Waals surface area contributed by atoms with E-state index in [1.807, 2.05) is 38.1 Å². The summed E-state index contributed by atoms with van der Waals surface area (Å²) in [7, 11) is -1.09. The highest BCUT2D eigenvalue weighted by Gasteiger charge is 2.47. The molecule has 4 aromatic rings. The second kappa shape index (κ2) is 9.16. The molecule has 1 heterocycles. The predicted octanol–water partition coefficient (Wildman–Crippen LogP) is 6.78. The van der Waals surface area contributed by atoms with Crippen LogP contribution in [-0.2, 0) is 0 Å². The largest absolute Gasteiger partial charge is 0.586 e. The lowest BCUT2D eigenvalue weighted by Crippen LogP contribution is -2.26. The van der Waals surface area contributed by atoms with Crippen molar-refractivity contribution < 1.29 is 23.0 Å². The van der Waals surface area contributed by atoms with Crippen LogP contribution in [-0.4, -0.2) is 6.29 Å². The Bertz CT molecular complexity index is 1280. The summed E-state index contributed by atoms with van der Waals surface area (Å²) in [6.07, 6.45) is -3.76. The highest BCUT2D eigenvalue weighted by molar-refractivity contribution is 14.1. The van der Waals surface area contributed by atoms with Gasteiger partial charge < -0.3 is 14.2 Å². The van der Waals surface area contributed by atoms with E-state index in [9.17, 15) is 8.78 Å².